The minimum absolute atomic E-state index is 0.627. The molecule has 0 radical (unpaired) electrons. The van der Waals surface area contributed by atoms with Crippen LogP contribution in [-0.4, -0.2) is 61.4 Å². The van der Waals surface area contributed by atoms with Crippen molar-refractivity contribution in [2.45, 2.75) is 45.1 Å². The minimum Gasteiger partial charge on any atom is -0.480 e. The molecule has 1 rings (SSSR count). The van der Waals surface area contributed by atoms with Crippen LogP contribution >= 0.6 is 0 Å². The molecular formula is C15H30N2O3. The molecule has 1 fully saturated rings. The van der Waals surface area contributed by atoms with Crippen LogP contribution in [-0.2, 0) is 9.53 Å². The predicted molar refractivity (Wildman–Crippen MR) is 80.0 cm³/mol. The molecule has 1 saturated heterocycles. The molecule has 5 nitrogen and oxygen atoms in total. The largest absolute Gasteiger partial charge is 0.480 e. The Bertz CT molecular complexity index is 299. The van der Waals surface area contributed by atoms with Gasteiger partial charge in [0, 0.05) is 13.7 Å². The first kappa shape index (κ1) is 17.4. The van der Waals surface area contributed by atoms with Gasteiger partial charge in [-0.3, -0.25) is 4.79 Å². The Morgan fingerprint density at radius 3 is 2.80 bits per heavy atom. The monoisotopic (exact) mass is 286 g/mol. The van der Waals surface area contributed by atoms with E-state index in [1.165, 1.54) is 6.42 Å². The second-order valence-corrected chi connectivity index (χ2v) is 5.79. The fraction of sp³-hybridized carbons (Fsp3) is 0.933. The number of carboxylic acids is 1. The summed E-state index contributed by atoms with van der Waals surface area (Å²) in [6.07, 6.45) is 3.44. The van der Waals surface area contributed by atoms with E-state index in [2.05, 4.69) is 10.2 Å². The third-order valence-corrected chi connectivity index (χ3v) is 4.38. The average molecular weight is 286 g/mol. The Kier molecular flexibility index (Phi) is 7.48. The molecule has 1 aliphatic heterocycles. The van der Waals surface area contributed by atoms with Gasteiger partial charge >= 0.3 is 5.97 Å². The molecule has 20 heavy (non-hydrogen) atoms. The minimum atomic E-state index is -0.750. The van der Waals surface area contributed by atoms with Crippen molar-refractivity contribution >= 4 is 5.97 Å². The molecular weight excluding hydrogens is 256 g/mol. The molecule has 0 spiro atoms. The van der Waals surface area contributed by atoms with Crippen molar-refractivity contribution in [1.29, 1.82) is 0 Å². The molecule has 2 atom stereocenters. The highest BCUT2D eigenvalue weighted by atomic mass is 16.5. The van der Waals surface area contributed by atoms with Gasteiger partial charge in [-0.2, -0.15) is 0 Å². The second-order valence-electron chi connectivity index (χ2n) is 5.79. The maximum absolute atomic E-state index is 11.5. The number of rotatable bonds is 10. The SMILES string of the molecule is CCNC(CC)(CCCN1CCC(COC)C1)C(=O)O. The Balaban J connectivity index is 2.36. The van der Waals surface area contributed by atoms with E-state index in [4.69, 9.17) is 4.74 Å². The lowest BCUT2D eigenvalue weighted by molar-refractivity contribution is -0.145. The summed E-state index contributed by atoms with van der Waals surface area (Å²) in [5.74, 6) is -0.0790. The van der Waals surface area contributed by atoms with Gasteiger partial charge in [0.2, 0.25) is 0 Å². The summed E-state index contributed by atoms with van der Waals surface area (Å²) in [5.41, 5.74) is -0.750. The fourth-order valence-electron chi connectivity index (χ4n) is 3.15. The molecule has 2 N–H and O–H groups in total. The topological polar surface area (TPSA) is 61.8 Å². The van der Waals surface area contributed by atoms with Crippen LogP contribution in [0.4, 0.5) is 0 Å². The van der Waals surface area contributed by atoms with Gasteiger partial charge in [0.25, 0.3) is 0 Å². The Labute approximate surface area is 122 Å². The standard InChI is InChI=1S/C15H30N2O3/c1-4-15(14(18)19,16-5-2)8-6-9-17-10-7-13(11-17)12-20-3/h13,16H,4-12H2,1-3H3,(H,18,19). The predicted octanol–water partition coefficient (Wildman–Crippen LogP) is 1.58. The number of likely N-dealkylation sites (tertiary alicyclic amines) is 1. The molecule has 118 valence electrons. The van der Waals surface area contributed by atoms with E-state index in [-0.39, 0.29) is 0 Å². The van der Waals surface area contributed by atoms with Gasteiger partial charge in [0.1, 0.15) is 5.54 Å². The van der Waals surface area contributed by atoms with Gasteiger partial charge in [-0.05, 0) is 51.2 Å². The first-order valence-corrected chi connectivity index (χ1v) is 7.77. The summed E-state index contributed by atoms with van der Waals surface area (Å²) in [6.45, 7) is 8.62. The quantitative estimate of drug-likeness (QED) is 0.638. The maximum atomic E-state index is 11.5. The molecule has 1 heterocycles. The third kappa shape index (κ3) is 4.72. The summed E-state index contributed by atoms with van der Waals surface area (Å²) in [5, 5.41) is 12.6. The van der Waals surface area contributed by atoms with Crippen LogP contribution < -0.4 is 5.32 Å². The number of nitrogens with zero attached hydrogens (tertiary/aromatic N) is 1. The van der Waals surface area contributed by atoms with Crippen LogP contribution in [0.15, 0.2) is 0 Å². The summed E-state index contributed by atoms with van der Waals surface area (Å²) in [6, 6.07) is 0. The zero-order chi connectivity index (χ0) is 15.0. The summed E-state index contributed by atoms with van der Waals surface area (Å²) >= 11 is 0. The zero-order valence-electron chi connectivity index (χ0n) is 13.2. The number of carbonyl (C=O) groups is 1. The molecule has 0 bridgehead atoms. The number of ether oxygens (including phenoxy) is 1. The molecule has 0 saturated carbocycles. The van der Waals surface area contributed by atoms with Gasteiger partial charge in [-0.15, -0.1) is 0 Å². The van der Waals surface area contributed by atoms with E-state index in [1.54, 1.807) is 7.11 Å². The Morgan fingerprint density at radius 2 is 2.25 bits per heavy atom. The summed E-state index contributed by atoms with van der Waals surface area (Å²) < 4.78 is 5.20. The van der Waals surface area contributed by atoms with E-state index in [1.807, 2.05) is 13.8 Å². The van der Waals surface area contributed by atoms with E-state index in [9.17, 15) is 9.90 Å². The Hall–Kier alpha value is -0.650. The van der Waals surface area contributed by atoms with Crippen molar-refractivity contribution in [2.24, 2.45) is 5.92 Å². The number of hydrogen-bond acceptors (Lipinski definition) is 4. The maximum Gasteiger partial charge on any atom is 0.323 e. The van der Waals surface area contributed by atoms with E-state index >= 15 is 0 Å². The van der Waals surface area contributed by atoms with Gasteiger partial charge in [-0.25, -0.2) is 0 Å². The van der Waals surface area contributed by atoms with Gasteiger partial charge in [0.05, 0.1) is 6.61 Å². The molecule has 0 aliphatic carbocycles. The lowest BCUT2D eigenvalue weighted by atomic mass is 9.90. The fourth-order valence-corrected chi connectivity index (χ4v) is 3.15. The Morgan fingerprint density at radius 1 is 1.50 bits per heavy atom. The number of methoxy groups -OCH3 is 1. The number of aliphatic carboxylic acids is 1. The van der Waals surface area contributed by atoms with Crippen LogP contribution in [0, 0.1) is 5.92 Å². The lowest BCUT2D eigenvalue weighted by Crippen LogP contribution is -2.51. The van der Waals surface area contributed by atoms with Crippen molar-refractivity contribution in [1.82, 2.24) is 10.2 Å². The van der Waals surface area contributed by atoms with Crippen LogP contribution in [0.1, 0.15) is 39.5 Å². The molecule has 0 aromatic carbocycles. The first-order chi connectivity index (χ1) is 9.57. The van der Waals surface area contributed by atoms with Crippen molar-refractivity contribution in [3.05, 3.63) is 0 Å². The van der Waals surface area contributed by atoms with Crippen molar-refractivity contribution in [3.63, 3.8) is 0 Å². The molecule has 0 amide bonds. The highest BCUT2D eigenvalue weighted by Crippen LogP contribution is 2.21. The normalized spacial score (nSPS) is 22.9. The summed E-state index contributed by atoms with van der Waals surface area (Å²) in [7, 11) is 1.75. The molecule has 5 heteroatoms. The number of likely N-dealkylation sites (N-methyl/N-ethyl adjacent to an activating group) is 1. The van der Waals surface area contributed by atoms with E-state index < -0.39 is 11.5 Å². The van der Waals surface area contributed by atoms with Crippen LogP contribution in [0.2, 0.25) is 0 Å². The van der Waals surface area contributed by atoms with Crippen LogP contribution in [0.25, 0.3) is 0 Å². The second kappa shape index (κ2) is 8.60. The average Bonchev–Trinajstić information content (AvgIpc) is 2.85. The highest BCUT2D eigenvalue weighted by molar-refractivity contribution is 5.78. The molecule has 1 aliphatic rings. The van der Waals surface area contributed by atoms with Crippen molar-refractivity contribution in [2.75, 3.05) is 39.9 Å². The van der Waals surface area contributed by atoms with Crippen LogP contribution in [0.5, 0.6) is 0 Å². The lowest BCUT2D eigenvalue weighted by Gasteiger charge is -2.30. The number of carboxylic acid groups (broad SMARTS) is 1. The summed E-state index contributed by atoms with van der Waals surface area (Å²) in [4.78, 5) is 13.9. The van der Waals surface area contributed by atoms with Crippen LogP contribution in [0.3, 0.4) is 0 Å². The van der Waals surface area contributed by atoms with Crippen molar-refractivity contribution in [3.8, 4) is 0 Å². The molecule has 0 aromatic heterocycles. The molecule has 0 aromatic rings. The highest BCUT2D eigenvalue weighted by Gasteiger charge is 2.35. The molecule has 2 unspecified atom stereocenters. The zero-order valence-corrected chi connectivity index (χ0v) is 13.2. The van der Waals surface area contributed by atoms with Gasteiger partial charge < -0.3 is 20.1 Å². The van der Waals surface area contributed by atoms with Crippen molar-refractivity contribution < 1.29 is 14.6 Å². The third-order valence-electron chi connectivity index (χ3n) is 4.38. The first-order valence-electron chi connectivity index (χ1n) is 7.77. The number of nitrogens with one attached hydrogen (secondary N) is 1. The smallest absolute Gasteiger partial charge is 0.323 e. The van der Waals surface area contributed by atoms with E-state index in [0.29, 0.717) is 25.3 Å². The number of hydrogen-bond donors (Lipinski definition) is 2. The van der Waals surface area contributed by atoms with E-state index in [0.717, 1.165) is 32.7 Å². The van der Waals surface area contributed by atoms with Gasteiger partial charge in [-0.1, -0.05) is 13.8 Å². The van der Waals surface area contributed by atoms with Gasteiger partial charge in [0.15, 0.2) is 0 Å².